The summed E-state index contributed by atoms with van der Waals surface area (Å²) in [5.41, 5.74) is 1.96. The van der Waals surface area contributed by atoms with Crippen molar-refractivity contribution in [2.45, 2.75) is 38.6 Å². The monoisotopic (exact) mass is 377 g/mol. The van der Waals surface area contributed by atoms with Gasteiger partial charge in [0.25, 0.3) is 0 Å². The predicted octanol–water partition coefficient (Wildman–Crippen LogP) is 5.49. The Bertz CT molecular complexity index is 953. The van der Waals surface area contributed by atoms with Gasteiger partial charge in [-0.25, -0.2) is 0 Å². The van der Waals surface area contributed by atoms with Crippen LogP contribution in [-0.2, 0) is 6.54 Å². The Balaban J connectivity index is 1.51. The molecule has 146 valence electrons. The first-order valence-electron chi connectivity index (χ1n) is 10.1. The lowest BCUT2D eigenvalue weighted by molar-refractivity contribution is 0.0891. The van der Waals surface area contributed by atoms with Gasteiger partial charge in [0.2, 0.25) is 0 Å². The minimum absolute atomic E-state index is 0.182. The van der Waals surface area contributed by atoms with Gasteiger partial charge in [-0.1, -0.05) is 43.5 Å². The largest absolute Gasteiger partial charge is 0.497 e. The lowest BCUT2D eigenvalue weighted by Crippen LogP contribution is -2.17. The van der Waals surface area contributed by atoms with Crippen molar-refractivity contribution in [1.29, 1.82) is 0 Å². The van der Waals surface area contributed by atoms with E-state index in [1.54, 1.807) is 7.11 Å². The van der Waals surface area contributed by atoms with Gasteiger partial charge in [-0.05, 0) is 31.0 Å². The van der Waals surface area contributed by atoms with E-state index >= 15 is 0 Å². The number of nitrogens with zero attached hydrogens (tertiary/aromatic N) is 1. The van der Waals surface area contributed by atoms with Crippen LogP contribution in [-0.4, -0.2) is 24.1 Å². The van der Waals surface area contributed by atoms with Crippen molar-refractivity contribution < 1.29 is 14.3 Å². The molecule has 28 heavy (non-hydrogen) atoms. The molecule has 0 saturated heterocycles. The maximum atomic E-state index is 13.1. The molecule has 1 aliphatic carbocycles. The van der Waals surface area contributed by atoms with Crippen molar-refractivity contribution in [2.75, 3.05) is 13.7 Å². The van der Waals surface area contributed by atoms with Crippen LogP contribution in [0.1, 0.15) is 42.5 Å². The summed E-state index contributed by atoms with van der Waals surface area (Å²) in [5, 5.41) is 1.06. The molecule has 0 N–H and O–H groups in total. The highest BCUT2D eigenvalue weighted by atomic mass is 16.5. The molecule has 0 amide bonds. The number of fused-ring (bicyclic) bond motifs is 1. The first-order chi connectivity index (χ1) is 13.8. The summed E-state index contributed by atoms with van der Waals surface area (Å²) in [6.45, 7) is 1.22. The van der Waals surface area contributed by atoms with E-state index in [0.29, 0.717) is 18.9 Å². The van der Waals surface area contributed by atoms with E-state index in [4.69, 9.17) is 9.47 Å². The lowest BCUT2D eigenvalue weighted by Gasteiger charge is -2.19. The Morgan fingerprint density at radius 3 is 2.64 bits per heavy atom. The zero-order valence-corrected chi connectivity index (χ0v) is 16.4. The van der Waals surface area contributed by atoms with Gasteiger partial charge in [0.15, 0.2) is 5.78 Å². The Morgan fingerprint density at radius 1 is 1.04 bits per heavy atom. The maximum absolute atomic E-state index is 13.1. The summed E-state index contributed by atoms with van der Waals surface area (Å²) in [7, 11) is 1.65. The van der Waals surface area contributed by atoms with E-state index in [0.717, 1.165) is 40.8 Å². The lowest BCUT2D eigenvalue weighted by atomic mass is 9.84. The van der Waals surface area contributed by atoms with Crippen molar-refractivity contribution in [3.63, 3.8) is 0 Å². The number of para-hydroxylation sites is 1. The van der Waals surface area contributed by atoms with E-state index in [2.05, 4.69) is 16.7 Å². The highest BCUT2D eigenvalue weighted by Crippen LogP contribution is 2.30. The van der Waals surface area contributed by atoms with Crippen LogP contribution < -0.4 is 9.47 Å². The molecule has 1 heterocycles. The fourth-order valence-electron chi connectivity index (χ4n) is 4.17. The topological polar surface area (TPSA) is 40.5 Å². The molecule has 4 heteroatoms. The quantitative estimate of drug-likeness (QED) is 0.511. The molecule has 3 aromatic rings. The van der Waals surface area contributed by atoms with Gasteiger partial charge in [0, 0.05) is 34.6 Å². The van der Waals surface area contributed by atoms with Gasteiger partial charge in [0.1, 0.15) is 18.1 Å². The van der Waals surface area contributed by atoms with E-state index in [1.807, 2.05) is 42.6 Å². The molecule has 0 radical (unpaired) electrons. The zero-order valence-electron chi connectivity index (χ0n) is 16.4. The van der Waals surface area contributed by atoms with Gasteiger partial charge in [-0.15, -0.1) is 0 Å². The van der Waals surface area contributed by atoms with Crippen LogP contribution in [0.3, 0.4) is 0 Å². The van der Waals surface area contributed by atoms with Crippen LogP contribution in [0.15, 0.2) is 54.7 Å². The minimum Gasteiger partial charge on any atom is -0.497 e. The molecule has 4 rings (SSSR count). The number of carbonyl (C=O) groups excluding carboxylic acids is 1. The number of Topliss-reactive ketones (excluding diaryl/α,β-unsaturated/α-hetero) is 1. The van der Waals surface area contributed by atoms with Gasteiger partial charge >= 0.3 is 0 Å². The van der Waals surface area contributed by atoms with Gasteiger partial charge in [-0.3, -0.25) is 4.79 Å². The Morgan fingerprint density at radius 2 is 1.82 bits per heavy atom. The molecule has 1 aromatic heterocycles. The molecule has 0 aliphatic heterocycles. The molecule has 1 aliphatic rings. The fraction of sp³-hybridized carbons (Fsp3) is 0.375. The molecule has 1 saturated carbocycles. The second-order valence-corrected chi connectivity index (χ2v) is 7.48. The SMILES string of the molecule is COc1cccc(OCCn2cc(C(=O)C3CCCCC3)c3ccccc32)c1. The van der Waals surface area contributed by atoms with Crippen LogP contribution in [0.4, 0.5) is 0 Å². The van der Waals surface area contributed by atoms with Crippen LogP contribution >= 0.6 is 0 Å². The average Bonchev–Trinajstić information content (AvgIpc) is 3.13. The molecule has 4 nitrogen and oxygen atoms in total. The van der Waals surface area contributed by atoms with Crippen LogP contribution in [0, 0.1) is 5.92 Å². The minimum atomic E-state index is 0.182. The molecule has 2 aromatic carbocycles. The smallest absolute Gasteiger partial charge is 0.168 e. The summed E-state index contributed by atoms with van der Waals surface area (Å²) < 4.78 is 13.3. The van der Waals surface area contributed by atoms with Crippen molar-refractivity contribution >= 4 is 16.7 Å². The van der Waals surface area contributed by atoms with E-state index < -0.39 is 0 Å². The van der Waals surface area contributed by atoms with Gasteiger partial charge in [-0.2, -0.15) is 0 Å². The zero-order chi connectivity index (χ0) is 19.3. The number of hydrogen-bond acceptors (Lipinski definition) is 3. The highest BCUT2D eigenvalue weighted by molar-refractivity contribution is 6.09. The second kappa shape index (κ2) is 8.51. The predicted molar refractivity (Wildman–Crippen MR) is 111 cm³/mol. The summed E-state index contributed by atoms with van der Waals surface area (Å²) in [5.74, 6) is 2.06. The molecule has 0 atom stereocenters. The fourth-order valence-corrected chi connectivity index (χ4v) is 4.17. The van der Waals surface area contributed by atoms with Crippen molar-refractivity contribution in [3.05, 3.63) is 60.3 Å². The number of methoxy groups -OCH3 is 1. The Hall–Kier alpha value is -2.75. The van der Waals surface area contributed by atoms with E-state index in [9.17, 15) is 4.79 Å². The number of carbonyl (C=O) groups is 1. The summed E-state index contributed by atoms with van der Waals surface area (Å²) in [6, 6.07) is 15.8. The third kappa shape index (κ3) is 3.91. The Labute approximate surface area is 166 Å². The van der Waals surface area contributed by atoms with Crippen molar-refractivity contribution in [3.8, 4) is 11.5 Å². The van der Waals surface area contributed by atoms with Gasteiger partial charge in [0.05, 0.1) is 13.7 Å². The third-order valence-electron chi connectivity index (χ3n) is 5.67. The molecule has 0 unspecified atom stereocenters. The number of hydrogen-bond donors (Lipinski definition) is 0. The first-order valence-corrected chi connectivity index (χ1v) is 10.1. The highest BCUT2D eigenvalue weighted by Gasteiger charge is 2.25. The Kier molecular flexibility index (Phi) is 5.65. The summed E-state index contributed by atoms with van der Waals surface area (Å²) >= 11 is 0. The number of benzene rings is 2. The summed E-state index contributed by atoms with van der Waals surface area (Å²) in [4.78, 5) is 13.1. The molecule has 0 bridgehead atoms. The molecule has 0 spiro atoms. The van der Waals surface area contributed by atoms with Crippen LogP contribution in [0.2, 0.25) is 0 Å². The van der Waals surface area contributed by atoms with E-state index in [1.165, 1.54) is 19.3 Å². The van der Waals surface area contributed by atoms with Crippen LogP contribution in [0.25, 0.3) is 10.9 Å². The second-order valence-electron chi connectivity index (χ2n) is 7.48. The van der Waals surface area contributed by atoms with E-state index in [-0.39, 0.29) is 5.92 Å². The standard InChI is InChI=1S/C24H27NO3/c1-27-19-10-7-11-20(16-19)28-15-14-25-17-22(21-12-5-6-13-23(21)25)24(26)18-8-3-2-4-9-18/h5-7,10-13,16-18H,2-4,8-9,14-15H2,1H3. The average molecular weight is 377 g/mol. The summed E-state index contributed by atoms with van der Waals surface area (Å²) in [6.07, 6.45) is 7.67. The number of ketones is 1. The van der Waals surface area contributed by atoms with Crippen LogP contribution in [0.5, 0.6) is 11.5 Å². The molecule has 1 fully saturated rings. The molecular formula is C24H27NO3. The van der Waals surface area contributed by atoms with Gasteiger partial charge < -0.3 is 14.0 Å². The third-order valence-corrected chi connectivity index (χ3v) is 5.67. The first kappa shape index (κ1) is 18.6. The number of ether oxygens (including phenoxy) is 2. The normalized spacial score (nSPS) is 14.9. The number of rotatable bonds is 7. The van der Waals surface area contributed by atoms with Crippen molar-refractivity contribution in [1.82, 2.24) is 4.57 Å². The van der Waals surface area contributed by atoms with Crippen molar-refractivity contribution in [2.24, 2.45) is 5.92 Å². The molecular weight excluding hydrogens is 350 g/mol. The maximum Gasteiger partial charge on any atom is 0.168 e. The number of aromatic nitrogens is 1.